The Balaban J connectivity index is 3.14. The van der Waals surface area contributed by atoms with Gasteiger partial charge in [0.05, 0.1) is 26.4 Å². The molecule has 0 atom stereocenters. The lowest BCUT2D eigenvalue weighted by Crippen LogP contribution is -2.05. The molecule has 0 aromatic heterocycles. The van der Waals surface area contributed by atoms with E-state index in [1.165, 1.54) is 21.3 Å². The highest BCUT2D eigenvalue weighted by Gasteiger charge is 2.15. The molecular formula is C11H16O5. The van der Waals surface area contributed by atoms with E-state index in [4.69, 9.17) is 18.9 Å². The molecule has 5 nitrogen and oxygen atoms in total. The van der Waals surface area contributed by atoms with Crippen LogP contribution in [0, 0.1) is 0 Å². The van der Waals surface area contributed by atoms with Crippen LogP contribution in [0.4, 0.5) is 0 Å². The molecule has 0 fully saturated rings. The molecule has 0 aliphatic heterocycles. The standard InChI is InChI=1S/C11H16O5/c1-13-7-16-11-8(6-12)9(14-2)4-5-10(11)15-3/h4-5,12H,6-7H2,1-3H3. The lowest BCUT2D eigenvalue weighted by molar-refractivity contribution is 0.0472. The molecule has 1 aromatic carbocycles. The normalized spacial score (nSPS) is 10.0. The van der Waals surface area contributed by atoms with Crippen molar-refractivity contribution in [2.24, 2.45) is 0 Å². The van der Waals surface area contributed by atoms with Gasteiger partial charge in [-0.1, -0.05) is 0 Å². The molecule has 1 rings (SSSR count). The van der Waals surface area contributed by atoms with Gasteiger partial charge in [0, 0.05) is 7.11 Å². The molecule has 5 heteroatoms. The number of methoxy groups -OCH3 is 3. The van der Waals surface area contributed by atoms with Gasteiger partial charge in [0.2, 0.25) is 0 Å². The van der Waals surface area contributed by atoms with Crippen molar-refractivity contribution in [3.63, 3.8) is 0 Å². The number of ether oxygens (including phenoxy) is 4. The van der Waals surface area contributed by atoms with E-state index in [0.29, 0.717) is 22.8 Å². The zero-order valence-electron chi connectivity index (χ0n) is 9.65. The van der Waals surface area contributed by atoms with E-state index in [1.807, 2.05) is 0 Å². The molecule has 0 aliphatic rings. The first-order valence-corrected chi connectivity index (χ1v) is 4.74. The second-order valence-corrected chi connectivity index (χ2v) is 2.99. The van der Waals surface area contributed by atoms with E-state index >= 15 is 0 Å². The van der Waals surface area contributed by atoms with Crippen molar-refractivity contribution < 1.29 is 24.1 Å². The van der Waals surface area contributed by atoms with Gasteiger partial charge in [0.15, 0.2) is 18.3 Å². The maximum absolute atomic E-state index is 9.29. The third-order valence-corrected chi connectivity index (χ3v) is 2.10. The molecule has 0 radical (unpaired) electrons. The first kappa shape index (κ1) is 12.6. The lowest BCUT2D eigenvalue weighted by atomic mass is 10.1. The summed E-state index contributed by atoms with van der Waals surface area (Å²) in [5.74, 6) is 1.52. The number of rotatable bonds is 6. The maximum atomic E-state index is 9.29. The number of aliphatic hydroxyl groups is 1. The van der Waals surface area contributed by atoms with E-state index in [-0.39, 0.29) is 13.4 Å². The van der Waals surface area contributed by atoms with Crippen molar-refractivity contribution in [1.29, 1.82) is 0 Å². The molecule has 16 heavy (non-hydrogen) atoms. The highest BCUT2D eigenvalue weighted by molar-refractivity contribution is 5.53. The van der Waals surface area contributed by atoms with Crippen molar-refractivity contribution in [1.82, 2.24) is 0 Å². The van der Waals surface area contributed by atoms with Crippen LogP contribution in [0.5, 0.6) is 17.2 Å². The van der Waals surface area contributed by atoms with Crippen LogP contribution < -0.4 is 14.2 Å². The summed E-state index contributed by atoms with van der Waals surface area (Å²) in [5.41, 5.74) is 0.541. The van der Waals surface area contributed by atoms with Crippen LogP contribution in [-0.2, 0) is 11.3 Å². The van der Waals surface area contributed by atoms with Crippen molar-refractivity contribution in [3.8, 4) is 17.2 Å². The fraction of sp³-hybridized carbons (Fsp3) is 0.455. The van der Waals surface area contributed by atoms with E-state index in [2.05, 4.69) is 0 Å². The summed E-state index contributed by atoms with van der Waals surface area (Å²) in [6.07, 6.45) is 0. The maximum Gasteiger partial charge on any atom is 0.188 e. The Kier molecular flexibility index (Phi) is 4.88. The minimum absolute atomic E-state index is 0.0799. The highest BCUT2D eigenvalue weighted by atomic mass is 16.7. The minimum atomic E-state index is -0.195. The van der Waals surface area contributed by atoms with Gasteiger partial charge in [0.25, 0.3) is 0 Å². The van der Waals surface area contributed by atoms with E-state index in [0.717, 1.165) is 0 Å². The van der Waals surface area contributed by atoms with Crippen molar-refractivity contribution in [2.75, 3.05) is 28.1 Å². The van der Waals surface area contributed by atoms with Gasteiger partial charge in [-0.15, -0.1) is 0 Å². The van der Waals surface area contributed by atoms with Crippen LogP contribution in [-0.4, -0.2) is 33.2 Å². The van der Waals surface area contributed by atoms with E-state index in [9.17, 15) is 5.11 Å². The first-order chi connectivity index (χ1) is 7.78. The average molecular weight is 228 g/mol. The fourth-order valence-electron chi connectivity index (χ4n) is 1.37. The van der Waals surface area contributed by atoms with Gasteiger partial charge in [-0.25, -0.2) is 0 Å². The van der Waals surface area contributed by atoms with Gasteiger partial charge >= 0.3 is 0 Å². The van der Waals surface area contributed by atoms with Crippen LogP contribution in [0.1, 0.15) is 5.56 Å². The number of benzene rings is 1. The summed E-state index contributed by atoms with van der Waals surface area (Å²) >= 11 is 0. The minimum Gasteiger partial charge on any atom is -0.496 e. The van der Waals surface area contributed by atoms with Crippen molar-refractivity contribution >= 4 is 0 Å². The summed E-state index contributed by atoms with van der Waals surface area (Å²) in [5, 5.41) is 9.29. The van der Waals surface area contributed by atoms with Crippen LogP contribution in [0.25, 0.3) is 0 Å². The summed E-state index contributed by atoms with van der Waals surface area (Å²) in [6, 6.07) is 3.42. The molecule has 0 amide bonds. The van der Waals surface area contributed by atoms with Gasteiger partial charge < -0.3 is 24.1 Å². The number of hydrogen-bond acceptors (Lipinski definition) is 5. The van der Waals surface area contributed by atoms with Crippen LogP contribution in [0.3, 0.4) is 0 Å². The third kappa shape index (κ3) is 2.56. The topological polar surface area (TPSA) is 57.2 Å². The second kappa shape index (κ2) is 6.19. The smallest absolute Gasteiger partial charge is 0.188 e. The Bertz CT molecular complexity index is 337. The molecule has 0 heterocycles. The summed E-state index contributed by atoms with van der Waals surface area (Å²) in [6.45, 7) is -0.115. The predicted octanol–water partition coefficient (Wildman–Crippen LogP) is 1.18. The SMILES string of the molecule is COCOc1c(OC)ccc(OC)c1CO. The Labute approximate surface area is 94.5 Å². The number of aliphatic hydroxyl groups excluding tert-OH is 1. The van der Waals surface area contributed by atoms with E-state index in [1.54, 1.807) is 12.1 Å². The van der Waals surface area contributed by atoms with Crippen LogP contribution in [0.15, 0.2) is 12.1 Å². The molecule has 1 aromatic rings. The molecule has 0 bridgehead atoms. The first-order valence-electron chi connectivity index (χ1n) is 4.74. The Morgan fingerprint density at radius 3 is 2.19 bits per heavy atom. The highest BCUT2D eigenvalue weighted by Crippen LogP contribution is 2.37. The molecule has 1 N–H and O–H groups in total. The van der Waals surface area contributed by atoms with Gasteiger partial charge in [-0.05, 0) is 12.1 Å². The predicted molar refractivity (Wildman–Crippen MR) is 58.0 cm³/mol. The monoisotopic (exact) mass is 228 g/mol. The molecular weight excluding hydrogens is 212 g/mol. The molecule has 0 saturated carbocycles. The number of hydrogen-bond donors (Lipinski definition) is 1. The quantitative estimate of drug-likeness (QED) is 0.741. The third-order valence-electron chi connectivity index (χ3n) is 2.10. The van der Waals surface area contributed by atoms with Gasteiger partial charge in [0.1, 0.15) is 5.75 Å². The van der Waals surface area contributed by atoms with E-state index < -0.39 is 0 Å². The van der Waals surface area contributed by atoms with Crippen LogP contribution in [0.2, 0.25) is 0 Å². The lowest BCUT2D eigenvalue weighted by Gasteiger charge is -2.15. The largest absolute Gasteiger partial charge is 0.496 e. The average Bonchev–Trinajstić information content (AvgIpc) is 2.34. The summed E-state index contributed by atoms with van der Waals surface area (Å²) in [7, 11) is 4.58. The second-order valence-electron chi connectivity index (χ2n) is 2.99. The Morgan fingerprint density at radius 2 is 1.69 bits per heavy atom. The Hall–Kier alpha value is -1.46. The molecule has 0 saturated heterocycles. The summed E-state index contributed by atoms with van der Waals surface area (Å²) in [4.78, 5) is 0. The molecule has 90 valence electrons. The molecule has 0 aliphatic carbocycles. The zero-order valence-corrected chi connectivity index (χ0v) is 9.65. The van der Waals surface area contributed by atoms with Crippen LogP contribution >= 0.6 is 0 Å². The Morgan fingerprint density at radius 1 is 1.06 bits per heavy atom. The molecule has 0 unspecified atom stereocenters. The van der Waals surface area contributed by atoms with Gasteiger partial charge in [-0.2, -0.15) is 0 Å². The van der Waals surface area contributed by atoms with Crippen molar-refractivity contribution in [3.05, 3.63) is 17.7 Å². The zero-order chi connectivity index (χ0) is 12.0. The fourth-order valence-corrected chi connectivity index (χ4v) is 1.37. The van der Waals surface area contributed by atoms with Crippen molar-refractivity contribution in [2.45, 2.75) is 6.61 Å². The molecule has 0 spiro atoms. The van der Waals surface area contributed by atoms with Gasteiger partial charge in [-0.3, -0.25) is 0 Å². The summed E-state index contributed by atoms with van der Waals surface area (Å²) < 4.78 is 20.4.